The third-order valence-electron chi connectivity index (χ3n) is 2.47. The Balaban J connectivity index is 2.19. The molecule has 0 amide bonds. The first-order valence-corrected chi connectivity index (χ1v) is 4.58. The van der Waals surface area contributed by atoms with E-state index in [2.05, 4.69) is 5.32 Å². The van der Waals surface area contributed by atoms with E-state index >= 15 is 0 Å². The van der Waals surface area contributed by atoms with E-state index in [-0.39, 0.29) is 11.7 Å². The van der Waals surface area contributed by atoms with Crippen LogP contribution in [0, 0.1) is 17.5 Å². The molecule has 1 aromatic carbocycles. The van der Waals surface area contributed by atoms with Gasteiger partial charge in [0, 0.05) is 18.2 Å². The summed E-state index contributed by atoms with van der Waals surface area (Å²) < 4.78 is 38.4. The van der Waals surface area contributed by atoms with Crippen LogP contribution in [0.25, 0.3) is 0 Å². The number of anilines is 1. The van der Waals surface area contributed by atoms with Gasteiger partial charge in [-0.1, -0.05) is 0 Å². The molecule has 1 saturated carbocycles. The number of halogens is 3. The molecule has 0 unspecified atom stereocenters. The third kappa shape index (κ3) is 1.69. The van der Waals surface area contributed by atoms with Gasteiger partial charge in [0.05, 0.1) is 5.69 Å². The van der Waals surface area contributed by atoms with Crippen molar-refractivity contribution in [3.05, 3.63) is 29.6 Å². The van der Waals surface area contributed by atoms with Crippen molar-refractivity contribution in [3.63, 3.8) is 0 Å². The van der Waals surface area contributed by atoms with Crippen molar-refractivity contribution >= 4 is 5.69 Å². The number of hydrogen-bond acceptors (Lipinski definition) is 1. The summed E-state index contributed by atoms with van der Waals surface area (Å²) in [7, 11) is 0. The van der Waals surface area contributed by atoms with Crippen molar-refractivity contribution in [3.8, 4) is 0 Å². The van der Waals surface area contributed by atoms with Crippen LogP contribution in [0.4, 0.5) is 18.9 Å². The fourth-order valence-corrected chi connectivity index (χ4v) is 1.41. The van der Waals surface area contributed by atoms with Crippen LogP contribution in [-0.4, -0.2) is 6.04 Å². The minimum Gasteiger partial charge on any atom is -0.380 e. The van der Waals surface area contributed by atoms with Crippen molar-refractivity contribution in [2.75, 3.05) is 5.32 Å². The second kappa shape index (κ2) is 3.52. The molecule has 14 heavy (non-hydrogen) atoms. The van der Waals surface area contributed by atoms with E-state index in [9.17, 15) is 13.2 Å². The zero-order valence-corrected chi connectivity index (χ0v) is 7.49. The molecule has 0 heterocycles. The molecule has 0 aromatic heterocycles. The zero-order chi connectivity index (χ0) is 10.1. The Morgan fingerprint density at radius 2 is 1.64 bits per heavy atom. The molecule has 76 valence electrons. The first-order valence-electron chi connectivity index (χ1n) is 4.58. The van der Waals surface area contributed by atoms with Crippen LogP contribution in [0.15, 0.2) is 12.1 Å². The van der Waals surface area contributed by atoms with E-state index in [1.54, 1.807) is 0 Å². The van der Waals surface area contributed by atoms with Crippen molar-refractivity contribution in [1.29, 1.82) is 0 Å². The van der Waals surface area contributed by atoms with Crippen LogP contribution in [-0.2, 0) is 0 Å². The largest absolute Gasteiger partial charge is 0.380 e. The summed E-state index contributed by atoms with van der Waals surface area (Å²) in [5.74, 6) is -2.91. The zero-order valence-electron chi connectivity index (χ0n) is 7.49. The van der Waals surface area contributed by atoms with Crippen LogP contribution in [0.3, 0.4) is 0 Å². The second-order valence-electron chi connectivity index (χ2n) is 3.52. The molecule has 1 aliphatic carbocycles. The van der Waals surface area contributed by atoms with Gasteiger partial charge in [-0.3, -0.25) is 0 Å². The third-order valence-corrected chi connectivity index (χ3v) is 2.47. The van der Waals surface area contributed by atoms with Gasteiger partial charge < -0.3 is 5.32 Å². The first-order chi connectivity index (χ1) is 6.66. The SMILES string of the molecule is Fc1cc(F)c(NC2CCC2)cc1F. The molecule has 0 atom stereocenters. The Labute approximate surface area is 79.9 Å². The summed E-state index contributed by atoms with van der Waals surface area (Å²) in [6.45, 7) is 0. The number of hydrogen-bond donors (Lipinski definition) is 1. The molecular weight excluding hydrogens is 191 g/mol. The normalized spacial score (nSPS) is 16.5. The molecule has 0 saturated heterocycles. The van der Waals surface area contributed by atoms with E-state index in [1.807, 2.05) is 0 Å². The molecule has 1 nitrogen and oxygen atoms in total. The highest BCUT2D eigenvalue weighted by atomic mass is 19.2. The van der Waals surface area contributed by atoms with Gasteiger partial charge in [0.1, 0.15) is 5.82 Å². The van der Waals surface area contributed by atoms with Crippen LogP contribution < -0.4 is 5.32 Å². The van der Waals surface area contributed by atoms with Gasteiger partial charge >= 0.3 is 0 Å². The molecule has 2 rings (SSSR count). The van der Waals surface area contributed by atoms with E-state index in [0.717, 1.165) is 25.3 Å². The predicted octanol–water partition coefficient (Wildman–Crippen LogP) is 3.07. The molecule has 0 aliphatic heterocycles. The molecular formula is C10H10F3N. The Morgan fingerprint density at radius 3 is 2.21 bits per heavy atom. The maximum absolute atomic E-state index is 13.1. The van der Waals surface area contributed by atoms with Crippen molar-refractivity contribution in [1.82, 2.24) is 0 Å². The molecule has 1 aliphatic rings. The van der Waals surface area contributed by atoms with Crippen molar-refractivity contribution < 1.29 is 13.2 Å². The maximum atomic E-state index is 13.1. The highest BCUT2D eigenvalue weighted by Crippen LogP contribution is 2.26. The van der Waals surface area contributed by atoms with Crippen LogP contribution in [0.2, 0.25) is 0 Å². The molecule has 1 aromatic rings. The molecule has 0 bridgehead atoms. The summed E-state index contributed by atoms with van der Waals surface area (Å²) in [5.41, 5.74) is 0.0496. The van der Waals surface area contributed by atoms with Crippen LogP contribution in [0.1, 0.15) is 19.3 Å². The summed E-state index contributed by atoms with van der Waals surface area (Å²) >= 11 is 0. The fraction of sp³-hybridized carbons (Fsp3) is 0.400. The number of rotatable bonds is 2. The smallest absolute Gasteiger partial charge is 0.161 e. The molecule has 1 fully saturated rings. The summed E-state index contributed by atoms with van der Waals surface area (Å²) in [6, 6.07) is 1.63. The standard InChI is InChI=1S/C10H10F3N/c11-7-4-9(13)10(5-8(7)12)14-6-2-1-3-6/h4-6,14H,1-3H2. The van der Waals surface area contributed by atoms with E-state index in [1.165, 1.54) is 0 Å². The van der Waals surface area contributed by atoms with Gasteiger partial charge in [-0.15, -0.1) is 0 Å². The molecule has 4 heteroatoms. The Bertz CT molecular complexity index is 347. The topological polar surface area (TPSA) is 12.0 Å². The number of benzene rings is 1. The van der Waals surface area contributed by atoms with Gasteiger partial charge in [0.15, 0.2) is 11.6 Å². The van der Waals surface area contributed by atoms with Crippen molar-refractivity contribution in [2.45, 2.75) is 25.3 Å². The average molecular weight is 201 g/mol. The lowest BCUT2D eigenvalue weighted by Crippen LogP contribution is -2.27. The van der Waals surface area contributed by atoms with Crippen LogP contribution >= 0.6 is 0 Å². The highest BCUT2D eigenvalue weighted by Gasteiger charge is 2.19. The second-order valence-corrected chi connectivity index (χ2v) is 3.52. The van der Waals surface area contributed by atoms with Gasteiger partial charge in [0.25, 0.3) is 0 Å². The van der Waals surface area contributed by atoms with E-state index in [4.69, 9.17) is 0 Å². The Morgan fingerprint density at radius 1 is 1.00 bits per heavy atom. The number of nitrogens with one attached hydrogen (secondary N) is 1. The summed E-state index contributed by atoms with van der Waals surface area (Å²) in [5, 5.41) is 2.83. The van der Waals surface area contributed by atoms with Gasteiger partial charge in [-0.25, -0.2) is 13.2 Å². The summed E-state index contributed by atoms with van der Waals surface area (Å²) in [6.07, 6.45) is 3.01. The summed E-state index contributed by atoms with van der Waals surface area (Å²) in [4.78, 5) is 0. The lowest BCUT2D eigenvalue weighted by molar-refractivity contribution is 0.441. The quantitative estimate of drug-likeness (QED) is 0.725. The van der Waals surface area contributed by atoms with Gasteiger partial charge in [-0.05, 0) is 19.3 Å². The monoisotopic (exact) mass is 201 g/mol. The van der Waals surface area contributed by atoms with E-state index in [0.29, 0.717) is 6.07 Å². The van der Waals surface area contributed by atoms with Crippen molar-refractivity contribution in [2.24, 2.45) is 0 Å². The average Bonchev–Trinajstić information content (AvgIpc) is 2.06. The lowest BCUT2D eigenvalue weighted by Gasteiger charge is -2.27. The van der Waals surface area contributed by atoms with Crippen LogP contribution in [0.5, 0.6) is 0 Å². The molecule has 0 radical (unpaired) electrons. The molecule has 0 spiro atoms. The highest BCUT2D eigenvalue weighted by molar-refractivity contribution is 5.46. The predicted molar refractivity (Wildman–Crippen MR) is 47.6 cm³/mol. The Kier molecular flexibility index (Phi) is 2.35. The van der Waals surface area contributed by atoms with E-state index < -0.39 is 17.5 Å². The Hall–Kier alpha value is -1.19. The lowest BCUT2D eigenvalue weighted by atomic mass is 9.93. The minimum atomic E-state index is -1.15. The van der Waals surface area contributed by atoms with Gasteiger partial charge in [-0.2, -0.15) is 0 Å². The minimum absolute atomic E-state index is 0.0496. The van der Waals surface area contributed by atoms with Gasteiger partial charge in [0.2, 0.25) is 0 Å². The molecule has 1 N–H and O–H groups in total. The first kappa shape index (κ1) is 9.37. The maximum Gasteiger partial charge on any atom is 0.161 e. The fourth-order valence-electron chi connectivity index (χ4n) is 1.41.